The average molecular weight is 334 g/mol. The van der Waals surface area contributed by atoms with E-state index in [1.807, 2.05) is 18.2 Å². The zero-order chi connectivity index (χ0) is 16.2. The smallest absolute Gasteiger partial charge is 0.226 e. The first-order chi connectivity index (χ1) is 11.1. The molecule has 23 heavy (non-hydrogen) atoms. The number of amides is 1. The summed E-state index contributed by atoms with van der Waals surface area (Å²) in [7, 11) is 0. The Bertz CT molecular complexity index is 720. The van der Waals surface area contributed by atoms with Crippen LogP contribution in [0.25, 0.3) is 0 Å². The van der Waals surface area contributed by atoms with Crippen LogP contribution < -0.4 is 10.1 Å². The van der Waals surface area contributed by atoms with E-state index in [2.05, 4.69) is 5.32 Å². The van der Waals surface area contributed by atoms with Crippen molar-refractivity contribution < 1.29 is 13.9 Å². The summed E-state index contributed by atoms with van der Waals surface area (Å²) >= 11 is 5.98. The summed E-state index contributed by atoms with van der Waals surface area (Å²) in [6.07, 6.45) is 1.21. The van der Waals surface area contributed by atoms with E-state index in [0.717, 1.165) is 16.9 Å². The summed E-state index contributed by atoms with van der Waals surface area (Å²) in [6, 6.07) is 11.8. The monoisotopic (exact) mass is 333 g/mol. The Balaban J connectivity index is 1.53. The van der Waals surface area contributed by atoms with Gasteiger partial charge < -0.3 is 10.1 Å². The number of fused-ring (bicyclic) bond motifs is 1. The van der Waals surface area contributed by atoms with Gasteiger partial charge in [0, 0.05) is 11.6 Å². The van der Waals surface area contributed by atoms with Crippen molar-refractivity contribution in [1.82, 2.24) is 5.32 Å². The SMILES string of the molecule is O=C(NCCc1cccc(F)c1)[C@H]1COc2ccc(Cl)cc2C1. The first-order valence-electron chi connectivity index (χ1n) is 7.55. The first-order valence-corrected chi connectivity index (χ1v) is 7.93. The molecule has 1 heterocycles. The van der Waals surface area contributed by atoms with Crippen molar-refractivity contribution in [3.8, 4) is 5.75 Å². The van der Waals surface area contributed by atoms with Crippen LogP contribution >= 0.6 is 11.6 Å². The fraction of sp³-hybridized carbons (Fsp3) is 0.278. The van der Waals surface area contributed by atoms with E-state index in [9.17, 15) is 9.18 Å². The second-order valence-corrected chi connectivity index (χ2v) is 6.07. The number of nitrogens with one attached hydrogen (secondary N) is 1. The third-order valence-electron chi connectivity index (χ3n) is 3.90. The topological polar surface area (TPSA) is 38.3 Å². The normalized spacial score (nSPS) is 16.3. The van der Waals surface area contributed by atoms with E-state index in [-0.39, 0.29) is 17.6 Å². The number of ether oxygens (including phenoxy) is 1. The average Bonchev–Trinajstić information content (AvgIpc) is 2.54. The molecule has 3 rings (SSSR count). The quantitative estimate of drug-likeness (QED) is 0.931. The molecular weight excluding hydrogens is 317 g/mol. The van der Waals surface area contributed by atoms with E-state index in [4.69, 9.17) is 16.3 Å². The van der Waals surface area contributed by atoms with Gasteiger partial charge in [-0.05, 0) is 54.3 Å². The standard InChI is InChI=1S/C18H17ClFNO2/c19-15-4-5-17-13(10-15)9-14(11-23-17)18(22)21-7-6-12-2-1-3-16(20)8-12/h1-5,8,10,14H,6-7,9,11H2,(H,21,22)/t14-/m1/s1. The number of carbonyl (C=O) groups is 1. The summed E-state index contributed by atoms with van der Waals surface area (Å²) in [5.74, 6) is 0.252. The molecule has 1 atom stereocenters. The van der Waals surface area contributed by atoms with E-state index < -0.39 is 0 Å². The Labute approximate surface area is 139 Å². The van der Waals surface area contributed by atoms with Crippen molar-refractivity contribution >= 4 is 17.5 Å². The first kappa shape index (κ1) is 15.8. The van der Waals surface area contributed by atoms with E-state index in [1.165, 1.54) is 12.1 Å². The van der Waals surface area contributed by atoms with E-state index in [1.54, 1.807) is 12.1 Å². The van der Waals surface area contributed by atoms with E-state index >= 15 is 0 Å². The van der Waals surface area contributed by atoms with Gasteiger partial charge in [-0.3, -0.25) is 4.79 Å². The maximum absolute atomic E-state index is 13.1. The van der Waals surface area contributed by atoms with Crippen molar-refractivity contribution in [3.63, 3.8) is 0 Å². The molecule has 0 unspecified atom stereocenters. The third kappa shape index (κ3) is 4.02. The summed E-state index contributed by atoms with van der Waals surface area (Å²) in [5, 5.41) is 3.53. The Morgan fingerprint density at radius 2 is 2.17 bits per heavy atom. The van der Waals surface area contributed by atoms with Crippen molar-refractivity contribution in [2.45, 2.75) is 12.8 Å². The van der Waals surface area contributed by atoms with Gasteiger partial charge in [0.15, 0.2) is 0 Å². The summed E-state index contributed by atoms with van der Waals surface area (Å²) in [5.41, 5.74) is 1.82. The lowest BCUT2D eigenvalue weighted by Gasteiger charge is -2.24. The van der Waals surface area contributed by atoms with Gasteiger partial charge in [0.25, 0.3) is 0 Å². The minimum absolute atomic E-state index is 0.0490. The van der Waals surface area contributed by atoms with Gasteiger partial charge >= 0.3 is 0 Å². The molecule has 1 amide bonds. The van der Waals surface area contributed by atoms with Crippen LogP contribution in [0.3, 0.4) is 0 Å². The maximum atomic E-state index is 13.1. The molecule has 120 valence electrons. The van der Waals surface area contributed by atoms with Gasteiger partial charge in [0.05, 0.1) is 5.92 Å². The summed E-state index contributed by atoms with van der Waals surface area (Å²) in [4.78, 5) is 12.3. The lowest BCUT2D eigenvalue weighted by molar-refractivity contribution is -0.126. The van der Waals surface area contributed by atoms with Crippen molar-refractivity contribution in [2.75, 3.05) is 13.2 Å². The van der Waals surface area contributed by atoms with Crippen LogP contribution in [0.15, 0.2) is 42.5 Å². The molecule has 1 N–H and O–H groups in total. The van der Waals surface area contributed by atoms with Crippen LogP contribution in [0.4, 0.5) is 4.39 Å². The second kappa shape index (κ2) is 7.01. The zero-order valence-corrected chi connectivity index (χ0v) is 13.3. The third-order valence-corrected chi connectivity index (χ3v) is 4.14. The fourth-order valence-corrected chi connectivity index (χ4v) is 2.89. The highest BCUT2D eigenvalue weighted by molar-refractivity contribution is 6.30. The summed E-state index contributed by atoms with van der Waals surface area (Å²) < 4.78 is 18.7. The number of benzene rings is 2. The molecule has 0 aliphatic carbocycles. The molecule has 2 aromatic rings. The van der Waals surface area contributed by atoms with Gasteiger partial charge in [-0.2, -0.15) is 0 Å². The highest BCUT2D eigenvalue weighted by Crippen LogP contribution is 2.29. The Kier molecular flexibility index (Phi) is 4.82. The predicted octanol–water partition coefficient (Wildman–Crippen LogP) is 3.39. The van der Waals surface area contributed by atoms with Gasteiger partial charge in [-0.25, -0.2) is 4.39 Å². The Morgan fingerprint density at radius 1 is 1.30 bits per heavy atom. The fourth-order valence-electron chi connectivity index (χ4n) is 2.70. The van der Waals surface area contributed by atoms with Crippen molar-refractivity contribution in [1.29, 1.82) is 0 Å². The van der Waals surface area contributed by atoms with Gasteiger partial charge in [-0.1, -0.05) is 23.7 Å². The molecule has 2 aromatic carbocycles. The largest absolute Gasteiger partial charge is 0.492 e. The predicted molar refractivity (Wildman–Crippen MR) is 87.3 cm³/mol. The number of hydrogen-bond acceptors (Lipinski definition) is 2. The number of rotatable bonds is 4. The van der Waals surface area contributed by atoms with Gasteiger partial charge in [0.1, 0.15) is 18.2 Å². The van der Waals surface area contributed by atoms with Crippen LogP contribution in [-0.4, -0.2) is 19.1 Å². The summed E-state index contributed by atoms with van der Waals surface area (Å²) in [6.45, 7) is 0.835. The molecule has 5 heteroatoms. The molecule has 0 saturated carbocycles. The highest BCUT2D eigenvalue weighted by Gasteiger charge is 2.25. The molecule has 1 aliphatic rings. The lowest BCUT2D eigenvalue weighted by atomic mass is 9.96. The zero-order valence-electron chi connectivity index (χ0n) is 12.5. The minimum atomic E-state index is -0.261. The molecule has 0 radical (unpaired) electrons. The molecule has 0 bridgehead atoms. The Morgan fingerprint density at radius 3 is 3.00 bits per heavy atom. The highest BCUT2D eigenvalue weighted by atomic mass is 35.5. The number of hydrogen-bond donors (Lipinski definition) is 1. The number of carbonyl (C=O) groups excluding carboxylic acids is 1. The van der Waals surface area contributed by atoms with Crippen LogP contribution in [-0.2, 0) is 17.6 Å². The minimum Gasteiger partial charge on any atom is -0.492 e. The van der Waals surface area contributed by atoms with Crippen LogP contribution in [0.5, 0.6) is 5.75 Å². The second-order valence-electron chi connectivity index (χ2n) is 5.64. The van der Waals surface area contributed by atoms with Gasteiger partial charge in [-0.15, -0.1) is 0 Å². The van der Waals surface area contributed by atoms with Crippen LogP contribution in [0.2, 0.25) is 5.02 Å². The van der Waals surface area contributed by atoms with Crippen LogP contribution in [0, 0.1) is 11.7 Å². The van der Waals surface area contributed by atoms with Crippen LogP contribution in [0.1, 0.15) is 11.1 Å². The maximum Gasteiger partial charge on any atom is 0.226 e. The molecular formula is C18H17ClFNO2. The molecule has 1 aliphatic heterocycles. The molecule has 0 spiro atoms. The Hall–Kier alpha value is -2.07. The molecule has 3 nitrogen and oxygen atoms in total. The molecule has 0 saturated heterocycles. The molecule has 0 aromatic heterocycles. The number of halogens is 2. The molecule has 0 fully saturated rings. The van der Waals surface area contributed by atoms with Crippen molar-refractivity contribution in [2.24, 2.45) is 5.92 Å². The van der Waals surface area contributed by atoms with Crippen molar-refractivity contribution in [3.05, 3.63) is 64.4 Å². The van der Waals surface area contributed by atoms with E-state index in [0.29, 0.717) is 31.0 Å². The lowest BCUT2D eigenvalue weighted by Crippen LogP contribution is -2.38. The van der Waals surface area contributed by atoms with Gasteiger partial charge in [0.2, 0.25) is 5.91 Å².